The highest BCUT2D eigenvalue weighted by Gasteiger charge is 2.18. The number of aromatic nitrogens is 3. The topological polar surface area (TPSA) is 44.5 Å². The second-order valence-corrected chi connectivity index (χ2v) is 8.62. The highest BCUT2D eigenvalue weighted by atomic mass is 14.7. The Hall–Kier alpha value is -3.85. The normalized spacial score (nSPS) is 12.6. The minimum Gasteiger partial charge on any atom is -0.358 e. The zero-order chi connectivity index (χ0) is 21.3. The third-order valence-corrected chi connectivity index (χ3v) is 6.49. The van der Waals surface area contributed by atoms with E-state index in [1.807, 2.05) is 6.20 Å². The molecule has 0 saturated carbocycles. The summed E-state index contributed by atoms with van der Waals surface area (Å²) in [6.45, 7) is 0. The number of nitrogens with zero attached hydrogens (tertiary/aromatic N) is 1. The summed E-state index contributed by atoms with van der Waals surface area (Å²) in [7, 11) is 0. The van der Waals surface area contributed by atoms with Crippen molar-refractivity contribution < 1.29 is 0 Å². The number of pyridine rings is 1. The molecular formula is C29H25N3. The molecule has 1 unspecified atom stereocenters. The summed E-state index contributed by atoms with van der Waals surface area (Å²) >= 11 is 0. The van der Waals surface area contributed by atoms with E-state index in [-0.39, 0.29) is 0 Å². The van der Waals surface area contributed by atoms with Gasteiger partial charge in [0.1, 0.15) is 0 Å². The van der Waals surface area contributed by atoms with Crippen molar-refractivity contribution in [2.45, 2.75) is 25.2 Å². The summed E-state index contributed by atoms with van der Waals surface area (Å²) in [6.07, 6.45) is 4.92. The van der Waals surface area contributed by atoms with Gasteiger partial charge in [-0.15, -0.1) is 0 Å². The largest absolute Gasteiger partial charge is 0.358 e. The number of hydrogen-bond donors (Lipinski definition) is 2. The van der Waals surface area contributed by atoms with E-state index in [2.05, 4.69) is 101 Å². The SMILES string of the molecule is c1ccc2[nH]c(CCC(Cc3cc4ccccc4[nH]3)c3nccc4ccccc34)cc2c1. The summed E-state index contributed by atoms with van der Waals surface area (Å²) in [5.41, 5.74) is 6.15. The third kappa shape index (κ3) is 3.56. The van der Waals surface area contributed by atoms with Gasteiger partial charge in [0.25, 0.3) is 0 Å². The van der Waals surface area contributed by atoms with E-state index in [1.165, 1.54) is 49.7 Å². The van der Waals surface area contributed by atoms with Crippen LogP contribution in [0.1, 0.15) is 29.4 Å². The maximum absolute atomic E-state index is 4.89. The molecule has 156 valence electrons. The first kappa shape index (κ1) is 18.9. The first-order valence-electron chi connectivity index (χ1n) is 11.3. The van der Waals surface area contributed by atoms with E-state index in [4.69, 9.17) is 4.98 Å². The lowest BCUT2D eigenvalue weighted by atomic mass is 9.90. The van der Waals surface area contributed by atoms with Crippen LogP contribution < -0.4 is 0 Å². The molecule has 0 spiro atoms. The van der Waals surface area contributed by atoms with Crippen LogP contribution in [0.4, 0.5) is 0 Å². The molecule has 0 radical (unpaired) electrons. The van der Waals surface area contributed by atoms with Gasteiger partial charge >= 0.3 is 0 Å². The van der Waals surface area contributed by atoms with Crippen LogP contribution >= 0.6 is 0 Å². The van der Waals surface area contributed by atoms with Crippen LogP contribution in [0.25, 0.3) is 32.6 Å². The second-order valence-electron chi connectivity index (χ2n) is 8.62. The summed E-state index contributed by atoms with van der Waals surface area (Å²) < 4.78 is 0. The standard InChI is InChI=1S/C29H25N3/c1-4-10-26-20(7-1)15-16-30-29(26)23(19-25-18-22-9-3-6-12-28(22)32-25)13-14-24-17-21-8-2-5-11-27(21)31-24/h1-12,15-18,23,31-32H,13-14,19H2. The van der Waals surface area contributed by atoms with Crippen molar-refractivity contribution in [3.8, 4) is 0 Å². The van der Waals surface area contributed by atoms with E-state index in [9.17, 15) is 0 Å². The smallest absolute Gasteiger partial charge is 0.0516 e. The summed E-state index contributed by atoms with van der Waals surface area (Å²) in [6, 6.07) is 32.3. The van der Waals surface area contributed by atoms with Crippen molar-refractivity contribution in [2.24, 2.45) is 0 Å². The van der Waals surface area contributed by atoms with Crippen LogP contribution in [0.3, 0.4) is 0 Å². The van der Waals surface area contributed by atoms with E-state index in [1.54, 1.807) is 0 Å². The molecule has 3 aromatic carbocycles. The predicted octanol–water partition coefficient (Wildman–Crippen LogP) is 7.16. The fourth-order valence-corrected chi connectivity index (χ4v) is 4.91. The number of nitrogens with one attached hydrogen (secondary N) is 2. The van der Waals surface area contributed by atoms with E-state index >= 15 is 0 Å². The molecule has 1 atom stereocenters. The van der Waals surface area contributed by atoms with Crippen LogP contribution in [-0.4, -0.2) is 15.0 Å². The van der Waals surface area contributed by atoms with Crippen molar-refractivity contribution in [2.75, 3.05) is 0 Å². The van der Waals surface area contributed by atoms with E-state index < -0.39 is 0 Å². The van der Waals surface area contributed by atoms with Gasteiger partial charge in [0.15, 0.2) is 0 Å². The molecule has 6 aromatic rings. The molecule has 0 aliphatic carbocycles. The lowest BCUT2D eigenvalue weighted by Gasteiger charge is -2.18. The Bertz CT molecular complexity index is 1450. The third-order valence-electron chi connectivity index (χ3n) is 6.49. The van der Waals surface area contributed by atoms with Crippen LogP contribution in [0.15, 0.2) is 97.2 Å². The molecule has 32 heavy (non-hydrogen) atoms. The van der Waals surface area contributed by atoms with Gasteiger partial charge in [-0.3, -0.25) is 4.98 Å². The van der Waals surface area contributed by atoms with Gasteiger partial charge < -0.3 is 9.97 Å². The van der Waals surface area contributed by atoms with Crippen molar-refractivity contribution >= 4 is 32.6 Å². The Morgan fingerprint density at radius 1 is 0.656 bits per heavy atom. The highest BCUT2D eigenvalue weighted by Crippen LogP contribution is 2.31. The van der Waals surface area contributed by atoms with Gasteiger partial charge in [0.2, 0.25) is 0 Å². The number of benzene rings is 3. The van der Waals surface area contributed by atoms with Crippen LogP contribution in [0.2, 0.25) is 0 Å². The molecule has 0 saturated heterocycles. The number of fused-ring (bicyclic) bond motifs is 3. The number of H-pyrrole nitrogens is 2. The van der Waals surface area contributed by atoms with Crippen molar-refractivity contribution in [3.63, 3.8) is 0 Å². The van der Waals surface area contributed by atoms with Crippen molar-refractivity contribution in [1.82, 2.24) is 15.0 Å². The first-order valence-corrected chi connectivity index (χ1v) is 11.3. The Morgan fingerprint density at radius 3 is 2.03 bits per heavy atom. The number of rotatable bonds is 6. The molecule has 3 nitrogen and oxygen atoms in total. The zero-order valence-electron chi connectivity index (χ0n) is 17.9. The molecule has 3 heteroatoms. The van der Waals surface area contributed by atoms with E-state index in [0.29, 0.717) is 5.92 Å². The van der Waals surface area contributed by atoms with Crippen LogP contribution in [-0.2, 0) is 12.8 Å². The predicted molar refractivity (Wildman–Crippen MR) is 133 cm³/mol. The van der Waals surface area contributed by atoms with Crippen LogP contribution in [0, 0.1) is 0 Å². The molecule has 2 N–H and O–H groups in total. The van der Waals surface area contributed by atoms with Crippen molar-refractivity contribution in [3.05, 3.63) is 114 Å². The molecule has 0 aliphatic rings. The molecule has 0 bridgehead atoms. The van der Waals surface area contributed by atoms with Gasteiger partial charge in [0, 0.05) is 39.9 Å². The number of para-hydroxylation sites is 2. The van der Waals surface area contributed by atoms with Gasteiger partial charge in [-0.25, -0.2) is 0 Å². The summed E-state index contributed by atoms with van der Waals surface area (Å²) in [4.78, 5) is 12.1. The molecule has 0 fully saturated rings. The summed E-state index contributed by atoms with van der Waals surface area (Å²) in [5.74, 6) is 0.320. The van der Waals surface area contributed by atoms with Gasteiger partial charge in [-0.2, -0.15) is 0 Å². The van der Waals surface area contributed by atoms with Gasteiger partial charge in [-0.1, -0.05) is 60.7 Å². The monoisotopic (exact) mass is 415 g/mol. The maximum Gasteiger partial charge on any atom is 0.0516 e. The Kier molecular flexibility index (Phi) is 4.73. The average molecular weight is 416 g/mol. The molecule has 6 rings (SSSR count). The van der Waals surface area contributed by atoms with Gasteiger partial charge in [0.05, 0.1) is 5.69 Å². The molecular weight excluding hydrogens is 390 g/mol. The second kappa shape index (κ2) is 8.01. The molecule has 0 amide bonds. The molecule has 3 aromatic heterocycles. The fourth-order valence-electron chi connectivity index (χ4n) is 4.91. The lowest BCUT2D eigenvalue weighted by Crippen LogP contribution is -2.08. The van der Waals surface area contributed by atoms with E-state index in [0.717, 1.165) is 19.3 Å². The van der Waals surface area contributed by atoms with Gasteiger partial charge in [-0.05, 0) is 65.8 Å². The minimum absolute atomic E-state index is 0.320. The Morgan fingerprint density at radius 2 is 1.28 bits per heavy atom. The molecule has 3 heterocycles. The highest BCUT2D eigenvalue weighted by molar-refractivity contribution is 5.85. The summed E-state index contributed by atoms with van der Waals surface area (Å²) in [5, 5.41) is 5.05. The minimum atomic E-state index is 0.320. The number of aryl methyl sites for hydroxylation is 1. The maximum atomic E-state index is 4.89. The first-order chi connectivity index (χ1) is 15.8. The van der Waals surface area contributed by atoms with Crippen LogP contribution in [0.5, 0.6) is 0 Å². The quantitative estimate of drug-likeness (QED) is 0.298. The van der Waals surface area contributed by atoms with Crippen molar-refractivity contribution in [1.29, 1.82) is 0 Å². The molecule has 0 aliphatic heterocycles. The fraction of sp³-hybridized carbons (Fsp3) is 0.138. The zero-order valence-corrected chi connectivity index (χ0v) is 17.9. The Balaban J connectivity index is 1.36. The lowest BCUT2D eigenvalue weighted by molar-refractivity contribution is 0.600. The number of hydrogen-bond acceptors (Lipinski definition) is 1. The number of aromatic amines is 2. The Labute approximate surface area is 187 Å². The average Bonchev–Trinajstić information content (AvgIpc) is 3.44.